The van der Waals surface area contributed by atoms with E-state index in [1.54, 1.807) is 6.07 Å². The van der Waals surface area contributed by atoms with Crippen LogP contribution in [-0.4, -0.2) is 14.5 Å². The van der Waals surface area contributed by atoms with Crippen LogP contribution in [-0.2, 0) is 23.1 Å². The molecule has 0 saturated heterocycles. The standard InChI is InChI=1S/C15H18N2O3S/c18-21(19,17-10-12-4-2-1-3-5-12)15-9-8-14(20-15)11-16-13-6-7-13/h1-5,8-9,13,16-17H,6-7,10-11H2. The minimum absolute atomic E-state index is 0.0361. The van der Waals surface area contributed by atoms with Crippen molar-refractivity contribution in [3.05, 3.63) is 53.8 Å². The minimum Gasteiger partial charge on any atom is -0.447 e. The molecule has 2 aromatic rings. The van der Waals surface area contributed by atoms with E-state index < -0.39 is 10.0 Å². The molecule has 0 amide bonds. The van der Waals surface area contributed by atoms with Crippen LogP contribution in [0.1, 0.15) is 24.2 Å². The van der Waals surface area contributed by atoms with Crippen LogP contribution in [0.4, 0.5) is 0 Å². The first-order valence-corrected chi connectivity index (χ1v) is 8.47. The normalized spacial score (nSPS) is 15.2. The zero-order valence-corrected chi connectivity index (χ0v) is 12.4. The summed E-state index contributed by atoms with van der Waals surface area (Å²) in [6, 6.07) is 13.1. The Balaban J connectivity index is 1.61. The molecule has 1 saturated carbocycles. The quantitative estimate of drug-likeness (QED) is 0.821. The van der Waals surface area contributed by atoms with Crippen molar-refractivity contribution in [2.45, 2.75) is 37.1 Å². The maximum atomic E-state index is 12.1. The van der Waals surface area contributed by atoms with Gasteiger partial charge in [0.25, 0.3) is 10.0 Å². The van der Waals surface area contributed by atoms with E-state index in [9.17, 15) is 8.42 Å². The number of benzene rings is 1. The lowest BCUT2D eigenvalue weighted by atomic mass is 10.2. The summed E-state index contributed by atoms with van der Waals surface area (Å²) in [5, 5.41) is 3.25. The van der Waals surface area contributed by atoms with Crippen LogP contribution in [0.2, 0.25) is 0 Å². The van der Waals surface area contributed by atoms with Gasteiger partial charge >= 0.3 is 0 Å². The molecule has 6 heteroatoms. The van der Waals surface area contributed by atoms with Crippen molar-refractivity contribution in [1.82, 2.24) is 10.0 Å². The molecule has 0 atom stereocenters. The van der Waals surface area contributed by atoms with Gasteiger partial charge in [-0.2, -0.15) is 0 Å². The molecular weight excluding hydrogens is 288 g/mol. The second-order valence-electron chi connectivity index (χ2n) is 5.19. The fourth-order valence-corrected chi connectivity index (χ4v) is 2.94. The van der Waals surface area contributed by atoms with E-state index in [4.69, 9.17) is 4.42 Å². The maximum Gasteiger partial charge on any atom is 0.274 e. The average Bonchev–Trinajstić information content (AvgIpc) is 3.20. The van der Waals surface area contributed by atoms with E-state index in [1.165, 1.54) is 18.9 Å². The van der Waals surface area contributed by atoms with Crippen molar-refractivity contribution in [1.29, 1.82) is 0 Å². The lowest BCUT2D eigenvalue weighted by Gasteiger charge is -2.04. The zero-order chi connectivity index (χ0) is 14.7. The van der Waals surface area contributed by atoms with Gasteiger partial charge in [-0.25, -0.2) is 13.1 Å². The molecule has 1 heterocycles. The Morgan fingerprint density at radius 3 is 2.52 bits per heavy atom. The lowest BCUT2D eigenvalue weighted by molar-refractivity contribution is 0.399. The molecule has 1 aromatic carbocycles. The van der Waals surface area contributed by atoms with E-state index >= 15 is 0 Å². The van der Waals surface area contributed by atoms with Crippen LogP contribution in [0, 0.1) is 0 Å². The molecule has 0 bridgehead atoms. The molecule has 0 spiro atoms. The summed E-state index contributed by atoms with van der Waals surface area (Å²) < 4.78 is 32.2. The third kappa shape index (κ3) is 3.93. The third-order valence-corrected chi connectivity index (χ3v) is 4.63. The van der Waals surface area contributed by atoms with Gasteiger partial charge in [0.2, 0.25) is 5.09 Å². The summed E-state index contributed by atoms with van der Waals surface area (Å²) >= 11 is 0. The van der Waals surface area contributed by atoms with Gasteiger partial charge in [0.05, 0.1) is 6.54 Å². The smallest absolute Gasteiger partial charge is 0.274 e. The van der Waals surface area contributed by atoms with E-state index in [0.717, 1.165) is 5.56 Å². The Bertz CT molecular complexity index is 691. The number of hydrogen-bond donors (Lipinski definition) is 2. The highest BCUT2D eigenvalue weighted by Crippen LogP contribution is 2.20. The van der Waals surface area contributed by atoms with E-state index in [1.807, 2.05) is 30.3 Å². The molecule has 1 fully saturated rings. The summed E-state index contributed by atoms with van der Waals surface area (Å²) in [4.78, 5) is 0. The van der Waals surface area contributed by atoms with E-state index in [2.05, 4.69) is 10.0 Å². The van der Waals surface area contributed by atoms with Crippen LogP contribution in [0.3, 0.4) is 0 Å². The van der Waals surface area contributed by atoms with Crippen molar-refractivity contribution < 1.29 is 12.8 Å². The Labute approximate surface area is 124 Å². The minimum atomic E-state index is -3.61. The SMILES string of the molecule is O=S(=O)(NCc1ccccc1)c1ccc(CNC2CC2)o1. The Morgan fingerprint density at radius 1 is 1.05 bits per heavy atom. The molecule has 21 heavy (non-hydrogen) atoms. The van der Waals surface area contributed by atoms with Crippen LogP contribution in [0.15, 0.2) is 52.0 Å². The molecule has 1 aromatic heterocycles. The monoisotopic (exact) mass is 306 g/mol. The van der Waals surface area contributed by atoms with Crippen LogP contribution >= 0.6 is 0 Å². The van der Waals surface area contributed by atoms with E-state index in [-0.39, 0.29) is 11.6 Å². The van der Waals surface area contributed by atoms with Gasteiger partial charge in [0.15, 0.2) is 0 Å². The lowest BCUT2D eigenvalue weighted by Crippen LogP contribution is -2.22. The van der Waals surface area contributed by atoms with Crippen molar-refractivity contribution >= 4 is 10.0 Å². The Kier molecular flexibility index (Phi) is 4.10. The van der Waals surface area contributed by atoms with Crippen molar-refractivity contribution in [3.63, 3.8) is 0 Å². The summed E-state index contributed by atoms with van der Waals surface area (Å²) in [7, 11) is -3.61. The van der Waals surface area contributed by atoms with Gasteiger partial charge in [-0.3, -0.25) is 0 Å². The molecule has 5 nitrogen and oxygen atoms in total. The predicted octanol–water partition coefficient (Wildman–Crippen LogP) is 2.01. The molecule has 3 rings (SSSR count). The summed E-state index contributed by atoms with van der Waals surface area (Å²) in [6.45, 7) is 0.818. The highest BCUT2D eigenvalue weighted by Gasteiger charge is 2.22. The molecule has 1 aliphatic carbocycles. The number of nitrogens with one attached hydrogen (secondary N) is 2. The fourth-order valence-electron chi connectivity index (χ4n) is 1.98. The first-order chi connectivity index (χ1) is 10.1. The van der Waals surface area contributed by atoms with Crippen LogP contribution in [0.5, 0.6) is 0 Å². The summed E-state index contributed by atoms with van der Waals surface area (Å²) in [5.41, 5.74) is 0.906. The average molecular weight is 306 g/mol. The van der Waals surface area contributed by atoms with Crippen LogP contribution in [0.25, 0.3) is 0 Å². The zero-order valence-electron chi connectivity index (χ0n) is 11.6. The molecular formula is C15H18N2O3S. The maximum absolute atomic E-state index is 12.1. The van der Waals surface area contributed by atoms with Gasteiger partial charge in [0.1, 0.15) is 5.76 Å². The van der Waals surface area contributed by atoms with Gasteiger partial charge < -0.3 is 9.73 Å². The second-order valence-corrected chi connectivity index (χ2v) is 6.88. The largest absolute Gasteiger partial charge is 0.447 e. The topological polar surface area (TPSA) is 71.3 Å². The van der Waals surface area contributed by atoms with Crippen molar-refractivity contribution in [2.24, 2.45) is 0 Å². The highest BCUT2D eigenvalue weighted by atomic mass is 32.2. The first-order valence-electron chi connectivity index (χ1n) is 6.99. The molecule has 1 aliphatic rings. The summed E-state index contributed by atoms with van der Waals surface area (Å²) in [5.74, 6) is 0.641. The van der Waals surface area contributed by atoms with Gasteiger partial charge in [-0.15, -0.1) is 0 Å². The fraction of sp³-hybridized carbons (Fsp3) is 0.333. The van der Waals surface area contributed by atoms with Gasteiger partial charge in [0, 0.05) is 12.6 Å². The number of hydrogen-bond acceptors (Lipinski definition) is 4. The van der Waals surface area contributed by atoms with Crippen LogP contribution < -0.4 is 10.0 Å². The van der Waals surface area contributed by atoms with Crippen molar-refractivity contribution in [2.75, 3.05) is 0 Å². The molecule has 0 aliphatic heterocycles. The highest BCUT2D eigenvalue weighted by molar-refractivity contribution is 7.89. The van der Waals surface area contributed by atoms with Gasteiger partial charge in [-0.1, -0.05) is 30.3 Å². The number of furan rings is 1. The Morgan fingerprint density at radius 2 is 1.81 bits per heavy atom. The number of rotatable bonds is 7. The molecule has 0 unspecified atom stereocenters. The Hall–Kier alpha value is -1.63. The first kappa shape index (κ1) is 14.3. The molecule has 2 N–H and O–H groups in total. The van der Waals surface area contributed by atoms with E-state index in [0.29, 0.717) is 18.3 Å². The second kappa shape index (κ2) is 6.01. The molecule has 112 valence electrons. The number of sulfonamides is 1. The summed E-state index contributed by atoms with van der Waals surface area (Å²) in [6.07, 6.45) is 2.37. The van der Waals surface area contributed by atoms with Gasteiger partial charge in [-0.05, 0) is 30.5 Å². The third-order valence-electron chi connectivity index (χ3n) is 3.35. The molecule has 0 radical (unpaired) electrons. The van der Waals surface area contributed by atoms with Crippen molar-refractivity contribution in [3.8, 4) is 0 Å². The predicted molar refractivity (Wildman–Crippen MR) is 79.0 cm³/mol.